The van der Waals surface area contributed by atoms with Crippen LogP contribution in [0.15, 0.2) is 54.6 Å². The molecule has 0 fully saturated rings. The van der Waals surface area contributed by atoms with E-state index >= 15 is 0 Å². The van der Waals surface area contributed by atoms with Gasteiger partial charge in [-0.25, -0.2) is 8.42 Å². The Kier molecular flexibility index (Phi) is 5.36. The predicted molar refractivity (Wildman–Crippen MR) is 87.6 cm³/mol. The van der Waals surface area contributed by atoms with Crippen molar-refractivity contribution in [2.75, 3.05) is 17.0 Å². The molecule has 0 saturated heterocycles. The minimum absolute atomic E-state index is 0.102. The molecule has 4 nitrogen and oxygen atoms in total. The summed E-state index contributed by atoms with van der Waals surface area (Å²) in [6.07, 6.45) is 1.29. The van der Waals surface area contributed by atoms with Crippen LogP contribution in [0.1, 0.15) is 12.8 Å². The van der Waals surface area contributed by atoms with Gasteiger partial charge in [0, 0.05) is 5.69 Å². The number of hydrogen-bond acceptors (Lipinski definition) is 3. The summed E-state index contributed by atoms with van der Waals surface area (Å²) in [5, 5.41) is 0. The van der Waals surface area contributed by atoms with Crippen LogP contribution in [0.4, 0.5) is 5.69 Å². The molecule has 21 heavy (non-hydrogen) atoms. The van der Waals surface area contributed by atoms with E-state index in [0.717, 1.165) is 11.1 Å². The van der Waals surface area contributed by atoms with E-state index in [1.54, 1.807) is 12.1 Å². The highest BCUT2D eigenvalue weighted by molar-refractivity contribution is 7.92. The summed E-state index contributed by atoms with van der Waals surface area (Å²) in [6, 6.07) is 17.3. The lowest BCUT2D eigenvalue weighted by atomic mass is 10.1. The van der Waals surface area contributed by atoms with Crippen LogP contribution in [0.25, 0.3) is 11.1 Å². The SMILES string of the molecule is NCCCCS(=O)(=O)Nc1ccc(-c2ccccc2)cc1. The van der Waals surface area contributed by atoms with Crippen LogP contribution in [-0.4, -0.2) is 20.7 Å². The van der Waals surface area contributed by atoms with E-state index in [-0.39, 0.29) is 5.75 Å². The van der Waals surface area contributed by atoms with E-state index in [9.17, 15) is 8.42 Å². The van der Waals surface area contributed by atoms with Gasteiger partial charge in [-0.3, -0.25) is 4.72 Å². The lowest BCUT2D eigenvalue weighted by molar-refractivity contribution is 0.597. The monoisotopic (exact) mass is 304 g/mol. The van der Waals surface area contributed by atoms with Crippen molar-refractivity contribution in [3.63, 3.8) is 0 Å². The van der Waals surface area contributed by atoms with Crippen molar-refractivity contribution in [1.29, 1.82) is 0 Å². The van der Waals surface area contributed by atoms with Gasteiger partial charge in [0.2, 0.25) is 10.0 Å². The number of unbranched alkanes of at least 4 members (excludes halogenated alkanes) is 1. The smallest absolute Gasteiger partial charge is 0.232 e. The van der Waals surface area contributed by atoms with Crippen LogP contribution in [0.2, 0.25) is 0 Å². The Hall–Kier alpha value is -1.85. The summed E-state index contributed by atoms with van der Waals surface area (Å²) < 4.78 is 26.3. The average Bonchev–Trinajstić information content (AvgIpc) is 2.49. The molecule has 0 aromatic heterocycles. The van der Waals surface area contributed by atoms with Gasteiger partial charge >= 0.3 is 0 Å². The molecular formula is C16H20N2O2S. The highest BCUT2D eigenvalue weighted by Gasteiger charge is 2.09. The second-order valence-corrected chi connectivity index (χ2v) is 6.70. The summed E-state index contributed by atoms with van der Waals surface area (Å²) in [5.74, 6) is 0.102. The number of benzene rings is 2. The molecule has 3 N–H and O–H groups in total. The molecule has 2 aromatic carbocycles. The highest BCUT2D eigenvalue weighted by atomic mass is 32.2. The van der Waals surface area contributed by atoms with Gasteiger partial charge in [0.1, 0.15) is 0 Å². The van der Waals surface area contributed by atoms with Crippen molar-refractivity contribution < 1.29 is 8.42 Å². The van der Waals surface area contributed by atoms with Gasteiger partial charge in [0.05, 0.1) is 5.75 Å². The van der Waals surface area contributed by atoms with E-state index in [2.05, 4.69) is 4.72 Å². The van der Waals surface area contributed by atoms with E-state index in [1.165, 1.54) is 0 Å². The van der Waals surface area contributed by atoms with Crippen LogP contribution in [0.5, 0.6) is 0 Å². The van der Waals surface area contributed by atoms with Crippen molar-refractivity contribution in [2.24, 2.45) is 5.73 Å². The second kappa shape index (κ2) is 7.24. The Bertz CT molecular complexity index is 652. The third-order valence-electron chi connectivity index (χ3n) is 3.13. The third kappa shape index (κ3) is 4.88. The molecule has 0 atom stereocenters. The van der Waals surface area contributed by atoms with Gasteiger partial charge in [-0.1, -0.05) is 42.5 Å². The first-order chi connectivity index (χ1) is 10.1. The molecule has 2 aromatic rings. The Morgan fingerprint density at radius 3 is 2.10 bits per heavy atom. The normalized spacial score (nSPS) is 11.3. The molecule has 2 rings (SSSR count). The topological polar surface area (TPSA) is 72.2 Å². The van der Waals surface area contributed by atoms with E-state index < -0.39 is 10.0 Å². The molecule has 0 spiro atoms. The van der Waals surface area contributed by atoms with E-state index in [4.69, 9.17) is 5.73 Å². The van der Waals surface area contributed by atoms with Crippen molar-refractivity contribution in [3.05, 3.63) is 54.6 Å². The van der Waals surface area contributed by atoms with Crippen LogP contribution in [-0.2, 0) is 10.0 Å². The fourth-order valence-electron chi connectivity index (χ4n) is 2.03. The van der Waals surface area contributed by atoms with Crippen molar-refractivity contribution >= 4 is 15.7 Å². The Morgan fingerprint density at radius 1 is 0.857 bits per heavy atom. The number of anilines is 1. The first-order valence-electron chi connectivity index (χ1n) is 6.97. The van der Waals surface area contributed by atoms with Gasteiger partial charge in [-0.2, -0.15) is 0 Å². The predicted octanol–water partition coefficient (Wildman–Crippen LogP) is 2.83. The average molecular weight is 304 g/mol. The highest BCUT2D eigenvalue weighted by Crippen LogP contribution is 2.21. The number of sulfonamides is 1. The van der Waals surface area contributed by atoms with E-state index in [1.807, 2.05) is 42.5 Å². The van der Waals surface area contributed by atoms with Crippen molar-refractivity contribution in [3.8, 4) is 11.1 Å². The summed E-state index contributed by atoms with van der Waals surface area (Å²) in [5.41, 5.74) is 8.12. The van der Waals surface area contributed by atoms with Crippen molar-refractivity contribution in [2.45, 2.75) is 12.8 Å². The largest absolute Gasteiger partial charge is 0.330 e. The summed E-state index contributed by atoms with van der Waals surface area (Å²) in [4.78, 5) is 0. The molecule has 0 radical (unpaired) electrons. The third-order valence-corrected chi connectivity index (χ3v) is 4.51. The fraction of sp³-hybridized carbons (Fsp3) is 0.250. The lowest BCUT2D eigenvalue weighted by Gasteiger charge is -2.08. The number of nitrogens with two attached hydrogens (primary N) is 1. The Balaban J connectivity index is 2.03. The summed E-state index contributed by atoms with van der Waals surface area (Å²) in [6.45, 7) is 0.515. The lowest BCUT2D eigenvalue weighted by Crippen LogP contribution is -2.17. The molecule has 0 amide bonds. The molecule has 0 heterocycles. The second-order valence-electron chi connectivity index (χ2n) is 4.86. The van der Waals surface area contributed by atoms with Gasteiger partial charge < -0.3 is 5.73 Å². The summed E-state index contributed by atoms with van der Waals surface area (Å²) >= 11 is 0. The standard InChI is InChI=1S/C16H20N2O2S/c17-12-4-5-13-21(19,20)18-16-10-8-15(9-11-16)14-6-2-1-3-7-14/h1-3,6-11,18H,4-5,12-13,17H2. The van der Waals surface area contributed by atoms with Gasteiger partial charge in [0.15, 0.2) is 0 Å². The van der Waals surface area contributed by atoms with Crippen molar-refractivity contribution in [1.82, 2.24) is 0 Å². The Labute approximate surface area is 126 Å². The van der Waals surface area contributed by atoms with Gasteiger partial charge in [0.25, 0.3) is 0 Å². The van der Waals surface area contributed by atoms with E-state index in [0.29, 0.717) is 25.1 Å². The molecule has 0 saturated carbocycles. The number of rotatable bonds is 7. The zero-order valence-corrected chi connectivity index (χ0v) is 12.6. The quantitative estimate of drug-likeness (QED) is 0.773. The maximum absolute atomic E-state index is 11.9. The number of hydrogen-bond donors (Lipinski definition) is 2. The molecule has 0 unspecified atom stereocenters. The molecule has 5 heteroatoms. The maximum atomic E-state index is 11.9. The minimum Gasteiger partial charge on any atom is -0.330 e. The number of nitrogens with one attached hydrogen (secondary N) is 1. The Morgan fingerprint density at radius 2 is 1.48 bits per heavy atom. The van der Waals surface area contributed by atoms with Crippen LogP contribution >= 0.6 is 0 Å². The minimum atomic E-state index is -3.29. The molecule has 0 bridgehead atoms. The molecule has 112 valence electrons. The molecule has 0 aliphatic carbocycles. The first-order valence-corrected chi connectivity index (χ1v) is 8.62. The maximum Gasteiger partial charge on any atom is 0.232 e. The fourth-order valence-corrected chi connectivity index (χ4v) is 3.21. The van der Waals surface area contributed by atoms with Crippen LogP contribution < -0.4 is 10.5 Å². The van der Waals surface area contributed by atoms with Crippen LogP contribution in [0.3, 0.4) is 0 Å². The molecule has 0 aliphatic rings. The zero-order valence-electron chi connectivity index (χ0n) is 11.8. The molecular weight excluding hydrogens is 284 g/mol. The first kappa shape index (κ1) is 15.5. The molecule has 0 aliphatic heterocycles. The zero-order chi connectivity index (χ0) is 15.1. The van der Waals surface area contributed by atoms with Crippen LogP contribution in [0, 0.1) is 0 Å². The summed E-state index contributed by atoms with van der Waals surface area (Å²) in [7, 11) is -3.29. The van der Waals surface area contributed by atoms with Gasteiger partial charge in [-0.05, 0) is 42.6 Å². The van der Waals surface area contributed by atoms with Gasteiger partial charge in [-0.15, -0.1) is 0 Å².